The fraction of sp³-hybridized carbons (Fsp3) is 0.600. The third kappa shape index (κ3) is 2.56. The van der Waals surface area contributed by atoms with Crippen molar-refractivity contribution in [2.75, 3.05) is 43.9 Å². The Bertz CT molecular complexity index is 310. The van der Waals surface area contributed by atoms with Gasteiger partial charge in [-0.3, -0.25) is 0 Å². The molecule has 1 aromatic heterocycles. The first-order valence-corrected chi connectivity index (χ1v) is 5.27. The summed E-state index contributed by atoms with van der Waals surface area (Å²) < 4.78 is 0. The van der Waals surface area contributed by atoms with Gasteiger partial charge in [-0.25, -0.2) is 9.97 Å². The summed E-state index contributed by atoms with van der Waals surface area (Å²) in [6.45, 7) is 4.22. The maximum absolute atomic E-state index is 5.56. The molecular formula is C10H17N5. The Labute approximate surface area is 89.9 Å². The Balaban J connectivity index is 2.06. The zero-order valence-electron chi connectivity index (χ0n) is 9.06. The van der Waals surface area contributed by atoms with E-state index in [0.717, 1.165) is 38.5 Å². The van der Waals surface area contributed by atoms with Crippen molar-refractivity contribution in [2.45, 2.75) is 6.42 Å². The predicted octanol–water partition coefficient (Wildman–Crippen LogP) is 0.201. The third-order valence-corrected chi connectivity index (χ3v) is 2.66. The van der Waals surface area contributed by atoms with Crippen LogP contribution in [0.4, 0.5) is 11.6 Å². The first-order valence-electron chi connectivity index (χ1n) is 5.27. The van der Waals surface area contributed by atoms with Crippen LogP contribution in [0.2, 0.25) is 0 Å². The van der Waals surface area contributed by atoms with Crippen LogP contribution in [-0.4, -0.2) is 48.1 Å². The molecule has 5 nitrogen and oxygen atoms in total. The maximum atomic E-state index is 5.56. The SMILES string of the molecule is CN1CCCN(c2ncc(N)cn2)CC1. The monoisotopic (exact) mass is 207 g/mol. The highest BCUT2D eigenvalue weighted by atomic mass is 15.3. The van der Waals surface area contributed by atoms with Gasteiger partial charge in [-0.2, -0.15) is 0 Å². The highest BCUT2D eigenvalue weighted by molar-refractivity contribution is 5.37. The quantitative estimate of drug-likeness (QED) is 0.713. The molecule has 0 aliphatic carbocycles. The molecule has 0 aromatic carbocycles. The van der Waals surface area contributed by atoms with Crippen LogP contribution < -0.4 is 10.6 Å². The lowest BCUT2D eigenvalue weighted by molar-refractivity contribution is 0.360. The van der Waals surface area contributed by atoms with Crippen LogP contribution in [0, 0.1) is 0 Å². The van der Waals surface area contributed by atoms with E-state index >= 15 is 0 Å². The van der Waals surface area contributed by atoms with E-state index in [0.29, 0.717) is 5.69 Å². The smallest absolute Gasteiger partial charge is 0.225 e. The summed E-state index contributed by atoms with van der Waals surface area (Å²) in [6.07, 6.45) is 4.48. The average Bonchev–Trinajstić information content (AvgIpc) is 2.44. The highest BCUT2D eigenvalue weighted by Crippen LogP contribution is 2.10. The van der Waals surface area contributed by atoms with Gasteiger partial charge in [0.2, 0.25) is 5.95 Å². The summed E-state index contributed by atoms with van der Waals surface area (Å²) in [5.74, 6) is 0.791. The van der Waals surface area contributed by atoms with Crippen LogP contribution in [0.1, 0.15) is 6.42 Å². The number of nitrogens with zero attached hydrogens (tertiary/aromatic N) is 4. The molecular weight excluding hydrogens is 190 g/mol. The molecule has 0 saturated carbocycles. The summed E-state index contributed by atoms with van der Waals surface area (Å²) >= 11 is 0. The van der Waals surface area contributed by atoms with Gasteiger partial charge in [-0.15, -0.1) is 0 Å². The normalized spacial score (nSPS) is 18.9. The topological polar surface area (TPSA) is 58.3 Å². The number of nitrogens with two attached hydrogens (primary N) is 1. The minimum absolute atomic E-state index is 0.616. The molecule has 2 N–H and O–H groups in total. The van der Waals surface area contributed by atoms with E-state index in [9.17, 15) is 0 Å². The summed E-state index contributed by atoms with van der Waals surface area (Å²) in [4.78, 5) is 13.0. The van der Waals surface area contributed by atoms with E-state index < -0.39 is 0 Å². The van der Waals surface area contributed by atoms with Gasteiger partial charge in [-0.05, 0) is 20.0 Å². The number of likely N-dealkylation sites (N-methyl/N-ethyl adjacent to an activating group) is 1. The molecule has 0 unspecified atom stereocenters. The molecule has 1 fully saturated rings. The molecule has 0 amide bonds. The second kappa shape index (κ2) is 4.44. The minimum Gasteiger partial charge on any atom is -0.396 e. The van der Waals surface area contributed by atoms with Gasteiger partial charge >= 0.3 is 0 Å². The number of anilines is 2. The molecule has 0 bridgehead atoms. The summed E-state index contributed by atoms with van der Waals surface area (Å²) in [7, 11) is 2.15. The van der Waals surface area contributed by atoms with Crippen molar-refractivity contribution < 1.29 is 0 Å². The lowest BCUT2D eigenvalue weighted by Crippen LogP contribution is -2.30. The van der Waals surface area contributed by atoms with Crippen LogP contribution in [0.5, 0.6) is 0 Å². The molecule has 5 heteroatoms. The number of hydrogen-bond donors (Lipinski definition) is 1. The second-order valence-corrected chi connectivity index (χ2v) is 3.96. The van der Waals surface area contributed by atoms with E-state index in [-0.39, 0.29) is 0 Å². The predicted molar refractivity (Wildman–Crippen MR) is 60.8 cm³/mol. The Morgan fingerprint density at radius 1 is 1.13 bits per heavy atom. The standard InChI is InChI=1S/C10H17N5/c1-14-3-2-4-15(6-5-14)10-12-7-9(11)8-13-10/h7-8H,2-6,11H2,1H3. The highest BCUT2D eigenvalue weighted by Gasteiger charge is 2.13. The fourth-order valence-corrected chi connectivity index (χ4v) is 1.74. The molecule has 1 saturated heterocycles. The molecule has 0 atom stereocenters. The van der Waals surface area contributed by atoms with Gasteiger partial charge in [-0.1, -0.05) is 0 Å². The van der Waals surface area contributed by atoms with Gasteiger partial charge in [0.15, 0.2) is 0 Å². The van der Waals surface area contributed by atoms with Gasteiger partial charge in [0.25, 0.3) is 0 Å². The number of nitrogen functional groups attached to an aromatic ring is 1. The van der Waals surface area contributed by atoms with Crippen molar-refractivity contribution in [2.24, 2.45) is 0 Å². The average molecular weight is 207 g/mol. The molecule has 0 spiro atoms. The third-order valence-electron chi connectivity index (χ3n) is 2.66. The molecule has 82 valence electrons. The summed E-state index contributed by atoms with van der Waals surface area (Å²) in [6, 6.07) is 0. The van der Waals surface area contributed by atoms with Crippen molar-refractivity contribution in [1.29, 1.82) is 0 Å². The number of aromatic nitrogens is 2. The molecule has 1 aliphatic heterocycles. The van der Waals surface area contributed by atoms with E-state index in [2.05, 4.69) is 26.8 Å². The van der Waals surface area contributed by atoms with E-state index in [1.165, 1.54) is 0 Å². The molecule has 1 aliphatic rings. The van der Waals surface area contributed by atoms with Gasteiger partial charge in [0.1, 0.15) is 0 Å². The lowest BCUT2D eigenvalue weighted by atomic mass is 10.4. The summed E-state index contributed by atoms with van der Waals surface area (Å²) in [5, 5.41) is 0. The second-order valence-electron chi connectivity index (χ2n) is 3.96. The molecule has 2 heterocycles. The Kier molecular flexibility index (Phi) is 3.01. The minimum atomic E-state index is 0.616. The van der Waals surface area contributed by atoms with Crippen molar-refractivity contribution in [3.63, 3.8) is 0 Å². The van der Waals surface area contributed by atoms with Crippen LogP contribution in [0.25, 0.3) is 0 Å². The number of hydrogen-bond acceptors (Lipinski definition) is 5. The van der Waals surface area contributed by atoms with Crippen molar-refractivity contribution in [3.05, 3.63) is 12.4 Å². The Hall–Kier alpha value is -1.36. The van der Waals surface area contributed by atoms with Gasteiger partial charge in [0, 0.05) is 19.6 Å². The van der Waals surface area contributed by atoms with Crippen LogP contribution in [0.3, 0.4) is 0 Å². The molecule has 1 aromatic rings. The van der Waals surface area contributed by atoms with E-state index in [1.807, 2.05) is 0 Å². The number of rotatable bonds is 1. The van der Waals surface area contributed by atoms with Crippen molar-refractivity contribution in [1.82, 2.24) is 14.9 Å². The van der Waals surface area contributed by atoms with Crippen molar-refractivity contribution in [3.8, 4) is 0 Å². The largest absolute Gasteiger partial charge is 0.396 e. The summed E-state index contributed by atoms with van der Waals surface area (Å²) in [5.41, 5.74) is 6.17. The first kappa shape index (κ1) is 10.2. The van der Waals surface area contributed by atoms with Crippen LogP contribution in [0.15, 0.2) is 12.4 Å². The van der Waals surface area contributed by atoms with Crippen LogP contribution in [-0.2, 0) is 0 Å². The zero-order valence-corrected chi connectivity index (χ0v) is 9.06. The fourth-order valence-electron chi connectivity index (χ4n) is 1.74. The molecule has 15 heavy (non-hydrogen) atoms. The molecule has 2 rings (SSSR count). The lowest BCUT2D eigenvalue weighted by Gasteiger charge is -2.19. The maximum Gasteiger partial charge on any atom is 0.225 e. The van der Waals surface area contributed by atoms with Gasteiger partial charge in [0.05, 0.1) is 18.1 Å². The Morgan fingerprint density at radius 3 is 2.60 bits per heavy atom. The molecule has 0 radical (unpaired) electrons. The van der Waals surface area contributed by atoms with Crippen LogP contribution >= 0.6 is 0 Å². The first-order chi connectivity index (χ1) is 7.25. The Morgan fingerprint density at radius 2 is 1.87 bits per heavy atom. The zero-order chi connectivity index (χ0) is 10.7. The van der Waals surface area contributed by atoms with E-state index in [1.54, 1.807) is 12.4 Å². The van der Waals surface area contributed by atoms with Gasteiger partial charge < -0.3 is 15.5 Å². The van der Waals surface area contributed by atoms with Crippen molar-refractivity contribution >= 4 is 11.6 Å². The van der Waals surface area contributed by atoms with E-state index in [4.69, 9.17) is 5.73 Å².